The minimum absolute atomic E-state index is 0.228. The van der Waals surface area contributed by atoms with Crippen molar-refractivity contribution in [3.63, 3.8) is 0 Å². The maximum Gasteiger partial charge on any atom is 0.352 e. The van der Waals surface area contributed by atoms with Gasteiger partial charge in [-0.1, -0.05) is 45.4 Å². The first-order valence-electron chi connectivity index (χ1n) is 7.76. The Morgan fingerprint density at radius 2 is 1.43 bits per heavy atom. The van der Waals surface area contributed by atoms with E-state index in [0.29, 0.717) is 6.42 Å². The molecule has 1 rings (SSSR count). The van der Waals surface area contributed by atoms with Gasteiger partial charge < -0.3 is 14.6 Å². The highest BCUT2D eigenvalue weighted by molar-refractivity contribution is 6.15. The summed E-state index contributed by atoms with van der Waals surface area (Å²) in [4.78, 5) is 23.5. The SMILES string of the molecule is CCCCCCCCCC(O)=C1C(=O)OC(C)(C)OC1=O. The van der Waals surface area contributed by atoms with Gasteiger partial charge in [0.1, 0.15) is 5.76 Å². The Morgan fingerprint density at radius 3 is 1.95 bits per heavy atom. The first-order valence-corrected chi connectivity index (χ1v) is 7.76. The highest BCUT2D eigenvalue weighted by Crippen LogP contribution is 2.25. The van der Waals surface area contributed by atoms with Gasteiger partial charge in [-0.25, -0.2) is 9.59 Å². The third kappa shape index (κ3) is 5.78. The third-order valence-electron chi connectivity index (χ3n) is 3.39. The minimum Gasteiger partial charge on any atom is -0.511 e. The van der Waals surface area contributed by atoms with E-state index in [1.807, 2.05) is 0 Å². The molecule has 1 heterocycles. The normalized spacial score (nSPS) is 17.4. The van der Waals surface area contributed by atoms with E-state index in [4.69, 9.17) is 9.47 Å². The van der Waals surface area contributed by atoms with Crippen molar-refractivity contribution in [2.24, 2.45) is 0 Å². The summed E-state index contributed by atoms with van der Waals surface area (Å²) in [6.45, 7) is 5.13. The van der Waals surface area contributed by atoms with Crippen molar-refractivity contribution in [2.75, 3.05) is 0 Å². The molecule has 0 aliphatic carbocycles. The van der Waals surface area contributed by atoms with E-state index in [-0.39, 0.29) is 11.3 Å². The van der Waals surface area contributed by atoms with Crippen LogP contribution < -0.4 is 0 Å². The second-order valence-electron chi connectivity index (χ2n) is 5.87. The first kappa shape index (κ1) is 17.5. The number of hydrogen-bond acceptors (Lipinski definition) is 5. The van der Waals surface area contributed by atoms with E-state index in [1.165, 1.54) is 39.5 Å². The second-order valence-corrected chi connectivity index (χ2v) is 5.87. The van der Waals surface area contributed by atoms with Crippen molar-refractivity contribution >= 4 is 11.9 Å². The molecule has 120 valence electrons. The zero-order valence-electron chi connectivity index (χ0n) is 13.2. The predicted molar refractivity (Wildman–Crippen MR) is 78.5 cm³/mol. The van der Waals surface area contributed by atoms with Crippen molar-refractivity contribution in [1.29, 1.82) is 0 Å². The van der Waals surface area contributed by atoms with Crippen LogP contribution in [0.3, 0.4) is 0 Å². The van der Waals surface area contributed by atoms with Crippen LogP contribution in [0.15, 0.2) is 11.3 Å². The lowest BCUT2D eigenvalue weighted by Gasteiger charge is -2.30. The summed E-state index contributed by atoms with van der Waals surface area (Å²) < 4.78 is 9.90. The number of cyclic esters (lactones) is 2. The summed E-state index contributed by atoms with van der Waals surface area (Å²) in [6.07, 6.45) is 8.00. The predicted octanol–water partition coefficient (Wildman–Crippen LogP) is 3.78. The number of aliphatic hydroxyl groups excluding tert-OH is 1. The quantitative estimate of drug-likeness (QED) is 0.243. The molecule has 1 aliphatic rings. The topological polar surface area (TPSA) is 72.8 Å². The fourth-order valence-electron chi connectivity index (χ4n) is 2.26. The summed E-state index contributed by atoms with van der Waals surface area (Å²) in [7, 11) is 0. The molecule has 0 saturated carbocycles. The van der Waals surface area contributed by atoms with Crippen molar-refractivity contribution in [1.82, 2.24) is 0 Å². The summed E-state index contributed by atoms with van der Waals surface area (Å²) in [5.41, 5.74) is -0.361. The maximum atomic E-state index is 11.7. The molecule has 5 nitrogen and oxygen atoms in total. The number of unbranched alkanes of at least 4 members (excludes halogenated alkanes) is 6. The Kier molecular flexibility index (Phi) is 6.72. The summed E-state index contributed by atoms with van der Waals surface area (Å²) >= 11 is 0. The first-order chi connectivity index (χ1) is 9.87. The molecule has 0 bridgehead atoms. The van der Waals surface area contributed by atoms with Crippen LogP contribution in [0, 0.1) is 0 Å². The average molecular weight is 298 g/mol. The van der Waals surface area contributed by atoms with Gasteiger partial charge in [0.05, 0.1) is 0 Å². The molecule has 1 aliphatic heterocycles. The Morgan fingerprint density at radius 1 is 0.952 bits per heavy atom. The van der Waals surface area contributed by atoms with Crippen LogP contribution in [0.25, 0.3) is 0 Å². The van der Waals surface area contributed by atoms with Gasteiger partial charge in [0.25, 0.3) is 5.79 Å². The van der Waals surface area contributed by atoms with Gasteiger partial charge in [0.15, 0.2) is 5.57 Å². The van der Waals surface area contributed by atoms with Gasteiger partial charge >= 0.3 is 11.9 Å². The van der Waals surface area contributed by atoms with Crippen molar-refractivity contribution in [2.45, 2.75) is 77.9 Å². The van der Waals surface area contributed by atoms with Gasteiger partial charge in [0.2, 0.25) is 0 Å². The molecule has 5 heteroatoms. The smallest absolute Gasteiger partial charge is 0.352 e. The molecular formula is C16H26O5. The van der Waals surface area contributed by atoms with Crippen molar-refractivity contribution in [3.05, 3.63) is 11.3 Å². The molecular weight excluding hydrogens is 272 g/mol. The van der Waals surface area contributed by atoms with Crippen LogP contribution in [-0.2, 0) is 19.1 Å². The number of hydrogen-bond donors (Lipinski definition) is 1. The molecule has 1 N–H and O–H groups in total. The molecule has 1 fully saturated rings. The largest absolute Gasteiger partial charge is 0.511 e. The molecule has 0 atom stereocenters. The molecule has 0 unspecified atom stereocenters. The van der Waals surface area contributed by atoms with Crippen LogP contribution in [0.2, 0.25) is 0 Å². The highest BCUT2D eigenvalue weighted by Gasteiger charge is 2.40. The zero-order chi connectivity index (χ0) is 15.9. The second kappa shape index (κ2) is 8.05. The Bertz CT molecular complexity index is 387. The number of aliphatic hydroxyl groups is 1. The number of carbonyl (C=O) groups is 2. The van der Waals surface area contributed by atoms with E-state index in [1.54, 1.807) is 0 Å². The summed E-state index contributed by atoms with van der Waals surface area (Å²) in [5.74, 6) is -3.11. The highest BCUT2D eigenvalue weighted by atomic mass is 16.7. The Hall–Kier alpha value is -1.52. The van der Waals surface area contributed by atoms with Crippen LogP contribution in [0.1, 0.15) is 72.1 Å². The fourth-order valence-corrected chi connectivity index (χ4v) is 2.26. The molecule has 0 aromatic heterocycles. The third-order valence-corrected chi connectivity index (χ3v) is 3.39. The Labute approximate surface area is 126 Å². The molecule has 1 saturated heterocycles. The van der Waals surface area contributed by atoms with E-state index < -0.39 is 17.7 Å². The zero-order valence-corrected chi connectivity index (χ0v) is 13.2. The molecule has 0 radical (unpaired) electrons. The van der Waals surface area contributed by atoms with Gasteiger partial charge in [-0.2, -0.15) is 0 Å². The van der Waals surface area contributed by atoms with E-state index in [9.17, 15) is 14.7 Å². The van der Waals surface area contributed by atoms with Crippen LogP contribution in [0.4, 0.5) is 0 Å². The fraction of sp³-hybridized carbons (Fsp3) is 0.750. The monoisotopic (exact) mass is 298 g/mol. The summed E-state index contributed by atoms with van der Waals surface area (Å²) in [5, 5.41) is 9.90. The van der Waals surface area contributed by atoms with Crippen LogP contribution >= 0.6 is 0 Å². The molecule has 0 amide bonds. The number of carbonyl (C=O) groups excluding carboxylic acids is 2. The van der Waals surface area contributed by atoms with E-state index in [2.05, 4.69) is 6.92 Å². The van der Waals surface area contributed by atoms with Gasteiger partial charge in [-0.15, -0.1) is 0 Å². The van der Waals surface area contributed by atoms with Crippen molar-refractivity contribution in [3.8, 4) is 0 Å². The number of ether oxygens (including phenoxy) is 2. The van der Waals surface area contributed by atoms with Crippen LogP contribution in [0.5, 0.6) is 0 Å². The van der Waals surface area contributed by atoms with Crippen molar-refractivity contribution < 1.29 is 24.2 Å². The van der Waals surface area contributed by atoms with Gasteiger partial charge in [-0.3, -0.25) is 0 Å². The lowest BCUT2D eigenvalue weighted by Crippen LogP contribution is -2.42. The summed E-state index contributed by atoms with van der Waals surface area (Å²) in [6, 6.07) is 0. The maximum absolute atomic E-state index is 11.7. The molecule has 0 aromatic carbocycles. The minimum atomic E-state index is -1.27. The average Bonchev–Trinajstić information content (AvgIpc) is 2.35. The van der Waals surface area contributed by atoms with Crippen LogP contribution in [-0.4, -0.2) is 22.8 Å². The Balaban J connectivity index is 2.40. The molecule has 21 heavy (non-hydrogen) atoms. The lowest BCUT2D eigenvalue weighted by molar-refractivity contribution is -0.222. The number of rotatable bonds is 8. The lowest BCUT2D eigenvalue weighted by atomic mass is 10.1. The number of esters is 2. The molecule has 0 aromatic rings. The standard InChI is InChI=1S/C16H26O5/c1-4-5-6-7-8-9-10-11-12(17)13-14(18)20-16(2,3)21-15(13)19/h17H,4-11H2,1-3H3. The van der Waals surface area contributed by atoms with Gasteiger partial charge in [-0.05, 0) is 6.42 Å². The van der Waals surface area contributed by atoms with Gasteiger partial charge in [0, 0.05) is 20.3 Å². The number of allylic oxidation sites excluding steroid dienone is 1. The van der Waals surface area contributed by atoms with E-state index in [0.717, 1.165) is 19.3 Å². The van der Waals surface area contributed by atoms with E-state index >= 15 is 0 Å². The molecule has 0 spiro atoms.